The van der Waals surface area contributed by atoms with E-state index in [0.717, 1.165) is 41.6 Å². The number of aromatic nitrogens is 2. The van der Waals surface area contributed by atoms with Crippen LogP contribution in [0.2, 0.25) is 0 Å². The molecule has 8 heteroatoms. The van der Waals surface area contributed by atoms with Crippen LogP contribution in [-0.2, 0) is 12.8 Å². The zero-order chi connectivity index (χ0) is 18.8. The summed E-state index contributed by atoms with van der Waals surface area (Å²) in [5, 5.41) is 3.46. The minimum atomic E-state index is -0.228. The Morgan fingerprint density at radius 1 is 1.41 bits per heavy atom. The first-order valence-electron chi connectivity index (χ1n) is 8.68. The highest BCUT2D eigenvalue weighted by Gasteiger charge is 2.28. The molecular formula is C19H17N3O3S2. The van der Waals surface area contributed by atoms with Gasteiger partial charge in [-0.05, 0) is 48.0 Å². The lowest BCUT2D eigenvalue weighted by Crippen LogP contribution is -2.24. The van der Waals surface area contributed by atoms with Crippen LogP contribution in [0.15, 0.2) is 24.5 Å². The zero-order valence-corrected chi connectivity index (χ0v) is 16.3. The van der Waals surface area contributed by atoms with Gasteiger partial charge >= 0.3 is 0 Å². The maximum absolute atomic E-state index is 12.1. The Morgan fingerprint density at radius 3 is 3.11 bits per heavy atom. The molecule has 0 fully saturated rings. The number of hydrogen-bond acceptors (Lipinski definition) is 7. The first-order valence-corrected chi connectivity index (χ1v) is 10.3. The van der Waals surface area contributed by atoms with Crippen molar-refractivity contribution in [2.75, 3.05) is 6.54 Å². The van der Waals surface area contributed by atoms with Gasteiger partial charge in [0, 0.05) is 25.0 Å². The van der Waals surface area contributed by atoms with Crippen LogP contribution in [0.25, 0.3) is 10.4 Å². The summed E-state index contributed by atoms with van der Waals surface area (Å²) in [4.78, 5) is 29.5. The van der Waals surface area contributed by atoms with Gasteiger partial charge in [0.25, 0.3) is 5.91 Å². The lowest BCUT2D eigenvalue weighted by Gasteiger charge is -2.14. The zero-order valence-electron chi connectivity index (χ0n) is 14.7. The SMILES string of the molecule is CCCNC(=O)c1cc(Oc2sc(C=O)c3c2-c2sncc2CC3)ccn1. The van der Waals surface area contributed by atoms with Crippen molar-refractivity contribution in [1.29, 1.82) is 0 Å². The fourth-order valence-corrected chi connectivity index (χ4v) is 5.01. The van der Waals surface area contributed by atoms with Gasteiger partial charge in [-0.2, -0.15) is 0 Å². The summed E-state index contributed by atoms with van der Waals surface area (Å²) in [5.41, 5.74) is 3.47. The molecule has 3 heterocycles. The summed E-state index contributed by atoms with van der Waals surface area (Å²) in [6.45, 7) is 2.59. The number of amides is 1. The predicted octanol–water partition coefficient (Wildman–Crippen LogP) is 4.11. The molecule has 138 valence electrons. The van der Waals surface area contributed by atoms with E-state index in [9.17, 15) is 9.59 Å². The van der Waals surface area contributed by atoms with Crippen LogP contribution >= 0.6 is 22.9 Å². The fraction of sp³-hybridized carbons (Fsp3) is 0.263. The van der Waals surface area contributed by atoms with Crippen molar-refractivity contribution in [3.05, 3.63) is 46.2 Å². The highest BCUT2D eigenvalue weighted by atomic mass is 32.1. The van der Waals surface area contributed by atoms with Gasteiger partial charge in [0.05, 0.1) is 15.3 Å². The molecule has 1 aliphatic rings. The van der Waals surface area contributed by atoms with Crippen LogP contribution in [0, 0.1) is 0 Å². The van der Waals surface area contributed by atoms with Crippen molar-refractivity contribution in [1.82, 2.24) is 14.7 Å². The molecule has 3 aromatic rings. The van der Waals surface area contributed by atoms with Gasteiger partial charge in [-0.3, -0.25) is 14.6 Å². The number of pyridine rings is 1. The van der Waals surface area contributed by atoms with Crippen LogP contribution in [0.3, 0.4) is 0 Å². The van der Waals surface area contributed by atoms with Crippen LogP contribution in [0.4, 0.5) is 0 Å². The number of nitrogens with one attached hydrogen (secondary N) is 1. The molecule has 0 saturated heterocycles. The van der Waals surface area contributed by atoms with Crippen molar-refractivity contribution in [2.45, 2.75) is 26.2 Å². The van der Waals surface area contributed by atoms with E-state index in [1.54, 1.807) is 18.3 Å². The van der Waals surface area contributed by atoms with E-state index in [-0.39, 0.29) is 5.91 Å². The van der Waals surface area contributed by atoms with Crippen molar-refractivity contribution >= 4 is 35.1 Å². The van der Waals surface area contributed by atoms with Gasteiger partial charge in [0.1, 0.15) is 11.4 Å². The Bertz CT molecular complexity index is 1010. The van der Waals surface area contributed by atoms with Crippen LogP contribution < -0.4 is 10.1 Å². The molecule has 6 nitrogen and oxygen atoms in total. The minimum absolute atomic E-state index is 0.228. The molecule has 0 radical (unpaired) electrons. The average Bonchev–Trinajstić information content (AvgIpc) is 3.30. The number of carbonyl (C=O) groups excluding carboxylic acids is 2. The molecule has 0 unspecified atom stereocenters. The first kappa shape index (κ1) is 17.8. The highest BCUT2D eigenvalue weighted by molar-refractivity contribution is 7.17. The van der Waals surface area contributed by atoms with Gasteiger partial charge in [0.2, 0.25) is 0 Å². The van der Waals surface area contributed by atoms with Crippen LogP contribution in [0.1, 0.15) is 44.6 Å². The molecule has 27 heavy (non-hydrogen) atoms. The van der Waals surface area contributed by atoms with E-state index >= 15 is 0 Å². The van der Waals surface area contributed by atoms with E-state index in [2.05, 4.69) is 14.7 Å². The molecule has 0 spiro atoms. The van der Waals surface area contributed by atoms with Crippen LogP contribution in [-0.4, -0.2) is 28.1 Å². The number of rotatable bonds is 6. The Balaban J connectivity index is 1.68. The van der Waals surface area contributed by atoms with Crippen molar-refractivity contribution in [3.63, 3.8) is 0 Å². The van der Waals surface area contributed by atoms with Gasteiger partial charge in [-0.1, -0.05) is 18.3 Å². The Labute approximate surface area is 164 Å². The van der Waals surface area contributed by atoms with E-state index in [0.29, 0.717) is 27.9 Å². The van der Waals surface area contributed by atoms with E-state index < -0.39 is 0 Å². The maximum atomic E-state index is 12.1. The normalized spacial score (nSPS) is 12.2. The molecule has 0 atom stereocenters. The van der Waals surface area contributed by atoms with Crippen LogP contribution in [0.5, 0.6) is 10.8 Å². The maximum Gasteiger partial charge on any atom is 0.270 e. The topological polar surface area (TPSA) is 81.2 Å². The average molecular weight is 399 g/mol. The van der Waals surface area contributed by atoms with E-state index in [1.807, 2.05) is 13.1 Å². The highest BCUT2D eigenvalue weighted by Crippen LogP contribution is 2.49. The van der Waals surface area contributed by atoms with Gasteiger partial charge in [-0.25, -0.2) is 4.37 Å². The second kappa shape index (κ2) is 7.58. The molecule has 0 aromatic carbocycles. The first-order chi connectivity index (χ1) is 13.2. The standard InChI is InChI=1S/C19H17N3O3S2/c1-2-6-21-18(24)14-8-12(5-7-20-14)25-19-16-13(15(10-23)26-19)4-3-11-9-22-27-17(11)16/h5,7-10H,2-4,6H2,1H3,(H,21,24). The lowest BCUT2D eigenvalue weighted by atomic mass is 9.93. The number of thiophene rings is 1. The molecule has 1 N–H and O–H groups in total. The summed E-state index contributed by atoms with van der Waals surface area (Å²) in [6.07, 6.45) is 6.86. The fourth-order valence-electron chi connectivity index (χ4n) is 3.04. The monoisotopic (exact) mass is 399 g/mol. The number of hydrogen-bond donors (Lipinski definition) is 1. The molecular weight excluding hydrogens is 382 g/mol. The van der Waals surface area contributed by atoms with Crippen molar-refractivity contribution in [3.8, 4) is 21.3 Å². The quantitative estimate of drug-likeness (QED) is 0.631. The molecule has 4 rings (SSSR count). The summed E-state index contributed by atoms with van der Waals surface area (Å²) in [6, 6.07) is 3.33. The van der Waals surface area contributed by atoms with Crippen molar-refractivity contribution < 1.29 is 14.3 Å². The second-order valence-electron chi connectivity index (χ2n) is 6.14. The number of ether oxygens (including phenoxy) is 1. The van der Waals surface area contributed by atoms with E-state index in [1.165, 1.54) is 28.4 Å². The number of nitrogens with zero attached hydrogens (tertiary/aromatic N) is 2. The van der Waals surface area contributed by atoms with Gasteiger partial charge in [-0.15, -0.1) is 0 Å². The largest absolute Gasteiger partial charge is 0.446 e. The molecule has 0 aliphatic heterocycles. The van der Waals surface area contributed by atoms with Gasteiger partial charge in [0.15, 0.2) is 11.3 Å². The predicted molar refractivity (Wildman–Crippen MR) is 105 cm³/mol. The molecule has 1 aliphatic carbocycles. The number of aryl methyl sites for hydroxylation is 1. The van der Waals surface area contributed by atoms with E-state index in [4.69, 9.17) is 4.74 Å². The third kappa shape index (κ3) is 3.38. The summed E-state index contributed by atoms with van der Waals surface area (Å²) in [7, 11) is 0. The number of fused-ring (bicyclic) bond motifs is 3. The van der Waals surface area contributed by atoms with Gasteiger partial charge < -0.3 is 10.1 Å². The van der Waals surface area contributed by atoms with Crippen molar-refractivity contribution in [2.24, 2.45) is 0 Å². The molecule has 3 aromatic heterocycles. The Morgan fingerprint density at radius 2 is 2.30 bits per heavy atom. The smallest absolute Gasteiger partial charge is 0.270 e. The number of carbonyl (C=O) groups is 2. The minimum Gasteiger partial charge on any atom is -0.446 e. The summed E-state index contributed by atoms with van der Waals surface area (Å²) >= 11 is 2.75. The Kier molecular flexibility index (Phi) is 5.00. The molecule has 0 bridgehead atoms. The molecule has 1 amide bonds. The second-order valence-corrected chi connectivity index (χ2v) is 7.96. The lowest BCUT2D eigenvalue weighted by molar-refractivity contribution is 0.0948. The number of aldehydes is 1. The summed E-state index contributed by atoms with van der Waals surface area (Å²) in [5.74, 6) is 0.290. The summed E-state index contributed by atoms with van der Waals surface area (Å²) < 4.78 is 10.4. The molecule has 0 saturated carbocycles. The third-order valence-corrected chi connectivity index (χ3v) is 6.23. The third-order valence-electron chi connectivity index (χ3n) is 4.34. The Hall–Kier alpha value is -2.58.